The first kappa shape index (κ1) is 16.2. The van der Waals surface area contributed by atoms with E-state index in [1.807, 2.05) is 13.8 Å². The van der Waals surface area contributed by atoms with Crippen molar-refractivity contribution < 1.29 is 13.2 Å². The lowest BCUT2D eigenvalue weighted by Gasteiger charge is -2.23. The monoisotopic (exact) mass is 313 g/mol. The van der Waals surface area contributed by atoms with Crippen LogP contribution in [0.5, 0.6) is 0 Å². The van der Waals surface area contributed by atoms with Crippen LogP contribution in [0.4, 0.5) is 5.82 Å². The first-order valence-electron chi connectivity index (χ1n) is 7.29. The van der Waals surface area contributed by atoms with Gasteiger partial charge < -0.3 is 10.1 Å². The zero-order valence-corrected chi connectivity index (χ0v) is 13.4. The maximum Gasteiger partial charge on any atom is 0.240 e. The zero-order valence-electron chi connectivity index (χ0n) is 12.6. The fraction of sp³-hybridized carbons (Fsp3) is 0.643. The second-order valence-electron chi connectivity index (χ2n) is 5.53. The van der Waals surface area contributed by atoms with Gasteiger partial charge in [-0.15, -0.1) is 0 Å². The van der Waals surface area contributed by atoms with Crippen LogP contribution in [0, 0.1) is 0 Å². The Bertz CT molecular complexity index is 569. The summed E-state index contributed by atoms with van der Waals surface area (Å²) in [6.07, 6.45) is 4.29. The summed E-state index contributed by atoms with van der Waals surface area (Å²) < 4.78 is 32.9. The minimum atomic E-state index is -3.54. The van der Waals surface area contributed by atoms with Gasteiger partial charge in [-0.25, -0.2) is 18.1 Å². The number of ether oxygens (including phenoxy) is 1. The summed E-state index contributed by atoms with van der Waals surface area (Å²) in [6.45, 7) is 5.71. The topological polar surface area (TPSA) is 80.3 Å². The van der Waals surface area contributed by atoms with Crippen molar-refractivity contribution in [1.82, 2.24) is 9.71 Å². The molecule has 0 spiro atoms. The quantitative estimate of drug-likeness (QED) is 0.801. The summed E-state index contributed by atoms with van der Waals surface area (Å²) in [5.74, 6) is 0.572. The molecular formula is C14H23N3O3S. The highest BCUT2D eigenvalue weighted by Gasteiger charge is 2.31. The maximum atomic E-state index is 12.3. The van der Waals surface area contributed by atoms with E-state index in [-0.39, 0.29) is 11.4 Å². The van der Waals surface area contributed by atoms with Crippen molar-refractivity contribution in [2.45, 2.75) is 43.6 Å². The molecule has 2 rings (SSSR count). The largest absolute Gasteiger partial charge is 0.374 e. The maximum absolute atomic E-state index is 12.3. The molecule has 1 atom stereocenters. The minimum absolute atomic E-state index is 0.220. The fourth-order valence-corrected chi connectivity index (χ4v) is 3.40. The Balaban J connectivity index is 2.04. The molecule has 1 saturated heterocycles. The Morgan fingerprint density at radius 1 is 1.48 bits per heavy atom. The second-order valence-corrected chi connectivity index (χ2v) is 7.30. The van der Waals surface area contributed by atoms with Crippen molar-refractivity contribution in [3.8, 4) is 0 Å². The van der Waals surface area contributed by atoms with E-state index in [1.54, 1.807) is 6.07 Å². The van der Waals surface area contributed by atoms with Gasteiger partial charge in [0.1, 0.15) is 5.82 Å². The van der Waals surface area contributed by atoms with Gasteiger partial charge in [-0.05, 0) is 32.3 Å². The third-order valence-electron chi connectivity index (χ3n) is 3.53. The number of hydrogen-bond acceptors (Lipinski definition) is 5. The average molecular weight is 313 g/mol. The van der Waals surface area contributed by atoms with Crippen LogP contribution in [-0.4, -0.2) is 38.7 Å². The third-order valence-corrected chi connectivity index (χ3v) is 4.93. The van der Waals surface area contributed by atoms with E-state index in [0.29, 0.717) is 12.4 Å². The molecule has 1 aromatic rings. The molecular weight excluding hydrogens is 290 g/mol. The van der Waals surface area contributed by atoms with Crippen LogP contribution in [0.25, 0.3) is 0 Å². The Kier molecular flexibility index (Phi) is 5.18. The molecule has 0 saturated carbocycles. The van der Waals surface area contributed by atoms with Crippen molar-refractivity contribution in [2.75, 3.05) is 25.0 Å². The number of anilines is 1. The predicted octanol–water partition coefficient (Wildman–Crippen LogP) is 1.75. The summed E-state index contributed by atoms with van der Waals surface area (Å²) >= 11 is 0. The summed E-state index contributed by atoms with van der Waals surface area (Å²) in [4.78, 5) is 4.33. The molecule has 1 aliphatic rings. The molecule has 1 aliphatic heterocycles. The number of pyridine rings is 1. The lowest BCUT2D eigenvalue weighted by molar-refractivity contribution is 0.0250. The number of aromatic nitrogens is 1. The Hall–Kier alpha value is -1.18. The molecule has 0 amide bonds. The van der Waals surface area contributed by atoms with Gasteiger partial charge in [0, 0.05) is 32.0 Å². The molecule has 21 heavy (non-hydrogen) atoms. The normalized spacial score (nSPS) is 22.4. The van der Waals surface area contributed by atoms with Gasteiger partial charge in [0.25, 0.3) is 0 Å². The van der Waals surface area contributed by atoms with Gasteiger partial charge in [0.05, 0.1) is 10.5 Å². The first-order valence-corrected chi connectivity index (χ1v) is 8.77. The van der Waals surface area contributed by atoms with Gasteiger partial charge >= 0.3 is 0 Å². The van der Waals surface area contributed by atoms with Crippen LogP contribution < -0.4 is 10.0 Å². The number of sulfonamides is 1. The number of hydrogen-bond donors (Lipinski definition) is 2. The molecule has 6 nitrogen and oxygen atoms in total. The van der Waals surface area contributed by atoms with Crippen LogP contribution in [0.3, 0.4) is 0 Å². The highest BCUT2D eigenvalue weighted by Crippen LogP contribution is 2.24. The van der Waals surface area contributed by atoms with Crippen molar-refractivity contribution in [3.05, 3.63) is 18.3 Å². The van der Waals surface area contributed by atoms with E-state index in [1.165, 1.54) is 12.3 Å². The Morgan fingerprint density at radius 3 is 2.95 bits per heavy atom. The zero-order chi connectivity index (χ0) is 15.3. The highest BCUT2D eigenvalue weighted by molar-refractivity contribution is 7.89. The Labute approximate surface area is 126 Å². The molecule has 1 aromatic heterocycles. The van der Waals surface area contributed by atoms with Crippen molar-refractivity contribution in [3.63, 3.8) is 0 Å². The van der Waals surface area contributed by atoms with E-state index >= 15 is 0 Å². The lowest BCUT2D eigenvalue weighted by atomic mass is 10.0. The molecule has 1 fully saturated rings. The number of nitrogens with one attached hydrogen (secondary N) is 2. The van der Waals surface area contributed by atoms with Gasteiger partial charge in [-0.1, -0.05) is 6.92 Å². The van der Waals surface area contributed by atoms with Crippen LogP contribution in [0.2, 0.25) is 0 Å². The molecule has 2 heterocycles. The fourth-order valence-electron chi connectivity index (χ4n) is 2.24. The third kappa shape index (κ3) is 4.39. The molecule has 118 valence electrons. The van der Waals surface area contributed by atoms with E-state index in [9.17, 15) is 8.42 Å². The predicted molar refractivity (Wildman–Crippen MR) is 81.8 cm³/mol. The van der Waals surface area contributed by atoms with Crippen LogP contribution in [0.15, 0.2) is 23.2 Å². The number of nitrogens with zero attached hydrogens (tertiary/aromatic N) is 1. The molecule has 0 radical (unpaired) electrons. The van der Waals surface area contributed by atoms with Crippen LogP contribution in [0.1, 0.15) is 33.1 Å². The van der Waals surface area contributed by atoms with Gasteiger partial charge in [-0.3, -0.25) is 0 Å². The summed E-state index contributed by atoms with van der Waals surface area (Å²) in [5, 5.41) is 3.08. The molecule has 0 aliphatic carbocycles. The Morgan fingerprint density at radius 2 is 2.29 bits per heavy atom. The minimum Gasteiger partial charge on any atom is -0.374 e. The summed E-state index contributed by atoms with van der Waals surface area (Å²) in [5.41, 5.74) is -0.399. The summed E-state index contributed by atoms with van der Waals surface area (Å²) in [6, 6.07) is 3.05. The van der Waals surface area contributed by atoms with E-state index in [2.05, 4.69) is 15.0 Å². The SMILES string of the molecule is CCCNc1cc(S(=O)(=O)NCC2(C)CCCO2)ccn1. The van der Waals surface area contributed by atoms with E-state index in [0.717, 1.165) is 25.8 Å². The van der Waals surface area contributed by atoms with Crippen molar-refractivity contribution >= 4 is 15.8 Å². The molecule has 0 bridgehead atoms. The smallest absolute Gasteiger partial charge is 0.240 e. The van der Waals surface area contributed by atoms with Gasteiger partial charge in [0.2, 0.25) is 10.0 Å². The van der Waals surface area contributed by atoms with Crippen LogP contribution in [-0.2, 0) is 14.8 Å². The molecule has 1 unspecified atom stereocenters. The lowest BCUT2D eigenvalue weighted by Crippen LogP contribution is -2.40. The number of rotatable bonds is 7. The molecule has 2 N–H and O–H groups in total. The highest BCUT2D eigenvalue weighted by atomic mass is 32.2. The first-order chi connectivity index (χ1) is 9.95. The van der Waals surface area contributed by atoms with E-state index < -0.39 is 15.6 Å². The van der Waals surface area contributed by atoms with Crippen LogP contribution >= 0.6 is 0 Å². The standard InChI is InChI=1S/C14H23N3O3S/c1-3-7-15-13-10-12(5-8-16-13)21(18,19)17-11-14(2)6-4-9-20-14/h5,8,10,17H,3-4,6-7,9,11H2,1-2H3,(H,15,16). The van der Waals surface area contributed by atoms with Crippen molar-refractivity contribution in [2.24, 2.45) is 0 Å². The molecule has 7 heteroatoms. The van der Waals surface area contributed by atoms with Gasteiger partial charge in [0.15, 0.2) is 0 Å². The van der Waals surface area contributed by atoms with E-state index in [4.69, 9.17) is 4.74 Å². The average Bonchev–Trinajstić information content (AvgIpc) is 2.91. The van der Waals surface area contributed by atoms with Crippen molar-refractivity contribution in [1.29, 1.82) is 0 Å². The summed E-state index contributed by atoms with van der Waals surface area (Å²) in [7, 11) is -3.54. The second kappa shape index (κ2) is 6.72. The molecule has 0 aromatic carbocycles. The van der Waals surface area contributed by atoms with Gasteiger partial charge in [-0.2, -0.15) is 0 Å².